The van der Waals surface area contributed by atoms with E-state index in [1.165, 1.54) is 0 Å². The first kappa shape index (κ1) is 14.5. The van der Waals surface area contributed by atoms with E-state index in [4.69, 9.17) is 0 Å². The molecule has 100 valence electrons. The monoisotopic (exact) mass is 241 g/mol. The van der Waals surface area contributed by atoms with E-state index in [2.05, 4.69) is 50.6 Å². The summed E-state index contributed by atoms with van der Waals surface area (Å²) in [4.78, 5) is 11.9. The van der Waals surface area contributed by atoms with Crippen molar-refractivity contribution in [2.45, 2.75) is 46.7 Å². The number of carbonyl (C=O) groups is 1. The Bertz CT molecular complexity index is 252. The molecule has 1 aliphatic heterocycles. The maximum absolute atomic E-state index is 11.9. The summed E-state index contributed by atoms with van der Waals surface area (Å²) >= 11 is 0. The predicted octanol–water partition coefficient (Wildman–Crippen LogP) is 0.735. The van der Waals surface area contributed by atoms with Gasteiger partial charge in [0.05, 0.1) is 6.04 Å². The summed E-state index contributed by atoms with van der Waals surface area (Å²) < 4.78 is 0. The molecule has 0 aliphatic carbocycles. The summed E-state index contributed by atoms with van der Waals surface area (Å²) in [5.41, 5.74) is 0.236. The molecule has 1 aliphatic rings. The number of hydrogen-bond donors (Lipinski definition) is 3. The highest BCUT2D eigenvalue weighted by atomic mass is 16.2. The van der Waals surface area contributed by atoms with Crippen LogP contribution < -0.4 is 16.0 Å². The number of hydrogen-bond acceptors (Lipinski definition) is 3. The van der Waals surface area contributed by atoms with Gasteiger partial charge in [0.1, 0.15) is 0 Å². The topological polar surface area (TPSA) is 53.2 Å². The minimum absolute atomic E-state index is 0.0848. The van der Waals surface area contributed by atoms with Crippen molar-refractivity contribution in [1.29, 1.82) is 0 Å². The van der Waals surface area contributed by atoms with Crippen molar-refractivity contribution < 1.29 is 4.79 Å². The summed E-state index contributed by atoms with van der Waals surface area (Å²) in [5.74, 6) is 0.586. The van der Waals surface area contributed by atoms with E-state index < -0.39 is 0 Å². The van der Waals surface area contributed by atoms with Gasteiger partial charge in [-0.2, -0.15) is 0 Å². The van der Waals surface area contributed by atoms with Gasteiger partial charge in [0.15, 0.2) is 0 Å². The molecule has 0 aromatic heterocycles. The number of rotatable bonds is 3. The third-order valence-corrected chi connectivity index (χ3v) is 3.72. The molecular weight excluding hydrogens is 214 g/mol. The minimum atomic E-state index is -0.0848. The Kier molecular flexibility index (Phi) is 4.95. The molecular formula is C13H27N3O. The number of piperazine rings is 1. The average Bonchev–Trinajstić information content (AvgIpc) is 2.25. The largest absolute Gasteiger partial charge is 0.354 e. The van der Waals surface area contributed by atoms with E-state index >= 15 is 0 Å². The zero-order chi connectivity index (χ0) is 13.1. The SMILES string of the molecule is CC1CNC(C(=O)NCC(C)C(C)(C)C)CN1. The second kappa shape index (κ2) is 5.83. The lowest BCUT2D eigenvalue weighted by Gasteiger charge is -2.30. The molecule has 17 heavy (non-hydrogen) atoms. The smallest absolute Gasteiger partial charge is 0.238 e. The molecule has 0 radical (unpaired) electrons. The van der Waals surface area contributed by atoms with Crippen LogP contribution in [0.1, 0.15) is 34.6 Å². The number of carbonyl (C=O) groups excluding carboxylic acids is 1. The predicted molar refractivity (Wildman–Crippen MR) is 70.9 cm³/mol. The summed E-state index contributed by atoms with van der Waals surface area (Å²) in [6.45, 7) is 13.2. The van der Waals surface area contributed by atoms with Crippen LogP contribution >= 0.6 is 0 Å². The molecule has 0 saturated carbocycles. The third kappa shape index (κ3) is 4.64. The first-order valence-electron chi connectivity index (χ1n) is 6.55. The maximum atomic E-state index is 11.9. The highest BCUT2D eigenvalue weighted by Gasteiger charge is 2.25. The third-order valence-electron chi connectivity index (χ3n) is 3.72. The molecule has 4 heteroatoms. The molecule has 4 nitrogen and oxygen atoms in total. The van der Waals surface area contributed by atoms with Gasteiger partial charge in [-0.3, -0.25) is 4.79 Å². The lowest BCUT2D eigenvalue weighted by molar-refractivity contribution is -0.123. The van der Waals surface area contributed by atoms with Gasteiger partial charge >= 0.3 is 0 Å². The number of amides is 1. The van der Waals surface area contributed by atoms with Crippen molar-refractivity contribution >= 4 is 5.91 Å². The minimum Gasteiger partial charge on any atom is -0.354 e. The fourth-order valence-corrected chi connectivity index (χ4v) is 1.65. The molecule has 1 heterocycles. The van der Waals surface area contributed by atoms with Crippen LogP contribution in [0.2, 0.25) is 0 Å². The molecule has 3 unspecified atom stereocenters. The molecule has 1 rings (SSSR count). The van der Waals surface area contributed by atoms with Gasteiger partial charge in [0.25, 0.3) is 0 Å². The Hall–Kier alpha value is -0.610. The molecule has 3 N–H and O–H groups in total. The van der Waals surface area contributed by atoms with E-state index in [0.717, 1.165) is 19.6 Å². The lowest BCUT2D eigenvalue weighted by atomic mass is 9.82. The van der Waals surface area contributed by atoms with E-state index in [1.54, 1.807) is 0 Å². The van der Waals surface area contributed by atoms with Crippen molar-refractivity contribution in [2.75, 3.05) is 19.6 Å². The molecule has 1 fully saturated rings. The molecule has 0 spiro atoms. The maximum Gasteiger partial charge on any atom is 0.238 e. The van der Waals surface area contributed by atoms with E-state index in [0.29, 0.717) is 12.0 Å². The first-order chi connectivity index (χ1) is 7.80. The molecule has 0 bridgehead atoms. The Morgan fingerprint density at radius 1 is 1.35 bits per heavy atom. The zero-order valence-corrected chi connectivity index (χ0v) is 11.8. The fraction of sp³-hybridized carbons (Fsp3) is 0.923. The van der Waals surface area contributed by atoms with Gasteiger partial charge in [-0.15, -0.1) is 0 Å². The summed E-state index contributed by atoms with van der Waals surface area (Å²) in [6, 6.07) is 0.367. The van der Waals surface area contributed by atoms with Gasteiger partial charge in [-0.05, 0) is 18.3 Å². The number of nitrogens with one attached hydrogen (secondary N) is 3. The highest BCUT2D eigenvalue weighted by Crippen LogP contribution is 2.24. The van der Waals surface area contributed by atoms with Crippen LogP contribution in [0.5, 0.6) is 0 Å². The van der Waals surface area contributed by atoms with Crippen molar-refractivity contribution in [3.63, 3.8) is 0 Å². The van der Waals surface area contributed by atoms with Crippen LogP contribution in [0.4, 0.5) is 0 Å². The second-order valence-electron chi connectivity index (χ2n) is 6.28. The van der Waals surface area contributed by atoms with Gasteiger partial charge in [-0.1, -0.05) is 27.7 Å². The molecule has 1 saturated heterocycles. The van der Waals surface area contributed by atoms with Crippen LogP contribution in [-0.2, 0) is 4.79 Å². The second-order valence-corrected chi connectivity index (χ2v) is 6.28. The molecule has 0 aromatic carbocycles. The highest BCUT2D eigenvalue weighted by molar-refractivity contribution is 5.82. The van der Waals surface area contributed by atoms with Gasteiger partial charge in [-0.25, -0.2) is 0 Å². The summed E-state index contributed by atoms with van der Waals surface area (Å²) in [5, 5.41) is 9.60. The van der Waals surface area contributed by atoms with Crippen LogP contribution in [0.3, 0.4) is 0 Å². The molecule has 3 atom stereocenters. The van der Waals surface area contributed by atoms with Crippen LogP contribution in [0.25, 0.3) is 0 Å². The van der Waals surface area contributed by atoms with Crippen LogP contribution in [0, 0.1) is 11.3 Å². The molecule has 0 aromatic rings. The average molecular weight is 241 g/mol. The van der Waals surface area contributed by atoms with E-state index in [-0.39, 0.29) is 17.4 Å². The summed E-state index contributed by atoms with van der Waals surface area (Å²) in [6.07, 6.45) is 0. The van der Waals surface area contributed by atoms with Gasteiger partial charge in [0, 0.05) is 25.7 Å². The van der Waals surface area contributed by atoms with Gasteiger partial charge in [0.2, 0.25) is 5.91 Å². The van der Waals surface area contributed by atoms with Gasteiger partial charge < -0.3 is 16.0 Å². The van der Waals surface area contributed by atoms with Crippen LogP contribution in [0.15, 0.2) is 0 Å². The van der Waals surface area contributed by atoms with Crippen LogP contribution in [-0.4, -0.2) is 37.6 Å². The van der Waals surface area contributed by atoms with Crippen molar-refractivity contribution in [3.8, 4) is 0 Å². The fourth-order valence-electron chi connectivity index (χ4n) is 1.65. The standard InChI is InChI=1S/C13H27N3O/c1-9(13(3,4)5)6-16-12(17)11-8-14-10(2)7-15-11/h9-11,14-15H,6-8H2,1-5H3,(H,16,17). The van der Waals surface area contributed by atoms with E-state index in [9.17, 15) is 4.79 Å². The van der Waals surface area contributed by atoms with E-state index in [1.807, 2.05) is 0 Å². The Morgan fingerprint density at radius 2 is 2.00 bits per heavy atom. The zero-order valence-electron chi connectivity index (χ0n) is 11.8. The van der Waals surface area contributed by atoms with Crippen molar-refractivity contribution in [2.24, 2.45) is 11.3 Å². The Labute approximate surface area is 105 Å². The quantitative estimate of drug-likeness (QED) is 0.683. The van der Waals surface area contributed by atoms with Crippen molar-refractivity contribution in [1.82, 2.24) is 16.0 Å². The van der Waals surface area contributed by atoms with Crippen molar-refractivity contribution in [3.05, 3.63) is 0 Å². The molecule has 1 amide bonds. The lowest BCUT2D eigenvalue weighted by Crippen LogP contribution is -2.59. The normalized spacial score (nSPS) is 27.6. The first-order valence-corrected chi connectivity index (χ1v) is 6.55. The Morgan fingerprint density at radius 3 is 2.47 bits per heavy atom. The summed E-state index contributed by atoms with van der Waals surface area (Å²) in [7, 11) is 0. The Balaban J connectivity index is 2.30.